The molecule has 1 aliphatic rings. The van der Waals surface area contributed by atoms with E-state index in [9.17, 15) is 4.79 Å². The standard InChI is InChI=1S/C16H22N4O/c1-19-12-18-14-11-13(3-4-15(14)19)16(21)5-9-20-8-2-6-17-7-10-20/h3-4,11-12,17H,2,5-10H2,1H3. The van der Waals surface area contributed by atoms with Crippen molar-refractivity contribution in [2.75, 3.05) is 32.7 Å². The maximum atomic E-state index is 12.3. The molecule has 2 heterocycles. The minimum Gasteiger partial charge on any atom is -0.334 e. The summed E-state index contributed by atoms with van der Waals surface area (Å²) < 4.78 is 1.97. The highest BCUT2D eigenvalue weighted by molar-refractivity contribution is 5.99. The average molecular weight is 286 g/mol. The number of ketones is 1. The third kappa shape index (κ3) is 3.31. The zero-order chi connectivity index (χ0) is 14.7. The molecule has 0 amide bonds. The number of hydrogen-bond donors (Lipinski definition) is 1. The molecule has 0 unspecified atom stereocenters. The molecule has 1 aromatic carbocycles. The lowest BCUT2D eigenvalue weighted by Crippen LogP contribution is -2.30. The summed E-state index contributed by atoms with van der Waals surface area (Å²) in [5.74, 6) is 0.208. The van der Waals surface area contributed by atoms with Gasteiger partial charge in [0, 0.05) is 38.7 Å². The lowest BCUT2D eigenvalue weighted by atomic mass is 10.1. The second-order valence-corrected chi connectivity index (χ2v) is 5.68. The van der Waals surface area contributed by atoms with Crippen LogP contribution in [0, 0.1) is 0 Å². The number of Topliss-reactive ketones (excluding diaryl/α,β-unsaturated/α-hetero) is 1. The predicted molar refractivity (Wildman–Crippen MR) is 83.6 cm³/mol. The largest absolute Gasteiger partial charge is 0.334 e. The second kappa shape index (κ2) is 6.37. The molecule has 1 saturated heterocycles. The van der Waals surface area contributed by atoms with E-state index in [4.69, 9.17) is 0 Å². The normalized spacial score (nSPS) is 17.0. The Morgan fingerprint density at radius 2 is 2.24 bits per heavy atom. The van der Waals surface area contributed by atoms with Gasteiger partial charge in [0.2, 0.25) is 0 Å². The first-order valence-corrected chi connectivity index (χ1v) is 7.61. The lowest BCUT2D eigenvalue weighted by molar-refractivity contribution is 0.0965. The number of nitrogens with one attached hydrogen (secondary N) is 1. The van der Waals surface area contributed by atoms with Crippen molar-refractivity contribution in [3.63, 3.8) is 0 Å². The second-order valence-electron chi connectivity index (χ2n) is 5.68. The Hall–Kier alpha value is -1.72. The van der Waals surface area contributed by atoms with E-state index in [1.165, 1.54) is 0 Å². The van der Waals surface area contributed by atoms with Crippen molar-refractivity contribution in [1.29, 1.82) is 0 Å². The Bertz CT molecular complexity index is 626. The number of fused-ring (bicyclic) bond motifs is 1. The third-order valence-corrected chi connectivity index (χ3v) is 4.14. The summed E-state index contributed by atoms with van der Waals surface area (Å²) in [5, 5.41) is 3.38. The van der Waals surface area contributed by atoms with Crippen LogP contribution in [0.4, 0.5) is 0 Å². The smallest absolute Gasteiger partial charge is 0.164 e. The molecule has 1 aliphatic heterocycles. The number of benzene rings is 1. The molecule has 0 spiro atoms. The number of aryl methyl sites for hydroxylation is 1. The van der Waals surface area contributed by atoms with Gasteiger partial charge < -0.3 is 14.8 Å². The summed E-state index contributed by atoms with van der Waals surface area (Å²) in [5.41, 5.74) is 2.72. The summed E-state index contributed by atoms with van der Waals surface area (Å²) in [6, 6.07) is 5.80. The molecule has 2 aromatic rings. The Morgan fingerprint density at radius 3 is 3.14 bits per heavy atom. The van der Waals surface area contributed by atoms with Crippen LogP contribution in [0.1, 0.15) is 23.2 Å². The van der Waals surface area contributed by atoms with Gasteiger partial charge >= 0.3 is 0 Å². The Morgan fingerprint density at radius 1 is 1.33 bits per heavy atom. The fraction of sp³-hybridized carbons (Fsp3) is 0.500. The summed E-state index contributed by atoms with van der Waals surface area (Å²) in [6.07, 6.45) is 3.52. The maximum Gasteiger partial charge on any atom is 0.164 e. The third-order valence-electron chi connectivity index (χ3n) is 4.14. The number of imidazole rings is 1. The van der Waals surface area contributed by atoms with Crippen molar-refractivity contribution in [3.05, 3.63) is 30.1 Å². The lowest BCUT2D eigenvalue weighted by Gasteiger charge is -2.18. The molecule has 0 bridgehead atoms. The van der Waals surface area contributed by atoms with E-state index in [0.717, 1.165) is 55.7 Å². The van der Waals surface area contributed by atoms with Gasteiger partial charge in [-0.2, -0.15) is 0 Å². The van der Waals surface area contributed by atoms with Gasteiger partial charge in [0.25, 0.3) is 0 Å². The molecule has 1 N–H and O–H groups in total. The van der Waals surface area contributed by atoms with E-state index in [1.807, 2.05) is 29.8 Å². The predicted octanol–water partition coefficient (Wildman–Crippen LogP) is 1.44. The Kier molecular flexibility index (Phi) is 4.31. The highest BCUT2D eigenvalue weighted by Gasteiger charge is 2.12. The molecule has 0 aliphatic carbocycles. The molecule has 21 heavy (non-hydrogen) atoms. The molecule has 5 nitrogen and oxygen atoms in total. The van der Waals surface area contributed by atoms with Crippen molar-refractivity contribution < 1.29 is 4.79 Å². The van der Waals surface area contributed by atoms with Crippen LogP contribution in [0.2, 0.25) is 0 Å². The highest BCUT2D eigenvalue weighted by atomic mass is 16.1. The molecule has 1 aromatic heterocycles. The molecule has 0 atom stereocenters. The van der Waals surface area contributed by atoms with E-state index < -0.39 is 0 Å². The number of hydrogen-bond acceptors (Lipinski definition) is 4. The van der Waals surface area contributed by atoms with Crippen LogP contribution < -0.4 is 5.32 Å². The van der Waals surface area contributed by atoms with E-state index in [2.05, 4.69) is 15.2 Å². The minimum atomic E-state index is 0.208. The van der Waals surface area contributed by atoms with Crippen molar-refractivity contribution in [2.24, 2.45) is 7.05 Å². The quantitative estimate of drug-likeness (QED) is 0.864. The van der Waals surface area contributed by atoms with Gasteiger partial charge in [0.15, 0.2) is 5.78 Å². The number of aromatic nitrogens is 2. The zero-order valence-corrected chi connectivity index (χ0v) is 12.5. The van der Waals surface area contributed by atoms with Crippen LogP contribution in [-0.4, -0.2) is 53.0 Å². The summed E-state index contributed by atoms with van der Waals surface area (Å²) in [4.78, 5) is 19.0. The van der Waals surface area contributed by atoms with E-state index in [-0.39, 0.29) is 5.78 Å². The molecule has 1 fully saturated rings. The number of carbonyl (C=O) groups is 1. The van der Waals surface area contributed by atoms with Crippen LogP contribution in [-0.2, 0) is 7.05 Å². The van der Waals surface area contributed by atoms with Crippen LogP contribution in [0.3, 0.4) is 0 Å². The van der Waals surface area contributed by atoms with E-state index >= 15 is 0 Å². The first kappa shape index (κ1) is 14.2. The van der Waals surface area contributed by atoms with Gasteiger partial charge in [0.1, 0.15) is 0 Å². The van der Waals surface area contributed by atoms with E-state index in [1.54, 1.807) is 6.33 Å². The van der Waals surface area contributed by atoms with Crippen molar-refractivity contribution in [1.82, 2.24) is 19.8 Å². The maximum absolute atomic E-state index is 12.3. The van der Waals surface area contributed by atoms with Gasteiger partial charge in [-0.25, -0.2) is 4.98 Å². The van der Waals surface area contributed by atoms with Gasteiger partial charge in [-0.3, -0.25) is 4.79 Å². The molecular weight excluding hydrogens is 264 g/mol. The van der Waals surface area contributed by atoms with Crippen molar-refractivity contribution >= 4 is 16.8 Å². The molecular formula is C16H22N4O. The monoisotopic (exact) mass is 286 g/mol. The van der Waals surface area contributed by atoms with Gasteiger partial charge in [0.05, 0.1) is 17.4 Å². The number of nitrogens with zero attached hydrogens (tertiary/aromatic N) is 3. The molecule has 112 valence electrons. The summed E-state index contributed by atoms with van der Waals surface area (Å²) in [6.45, 7) is 5.07. The fourth-order valence-corrected chi connectivity index (χ4v) is 2.84. The molecule has 0 saturated carbocycles. The molecule has 3 rings (SSSR count). The van der Waals surface area contributed by atoms with Gasteiger partial charge in [-0.1, -0.05) is 0 Å². The topological polar surface area (TPSA) is 50.2 Å². The summed E-state index contributed by atoms with van der Waals surface area (Å²) >= 11 is 0. The Balaban J connectivity index is 1.63. The highest BCUT2D eigenvalue weighted by Crippen LogP contribution is 2.15. The molecule has 5 heteroatoms. The zero-order valence-electron chi connectivity index (χ0n) is 12.5. The van der Waals surface area contributed by atoms with Gasteiger partial charge in [-0.05, 0) is 37.7 Å². The first-order chi connectivity index (χ1) is 10.2. The number of rotatable bonds is 4. The first-order valence-electron chi connectivity index (χ1n) is 7.61. The summed E-state index contributed by atoms with van der Waals surface area (Å²) in [7, 11) is 1.96. The van der Waals surface area contributed by atoms with Crippen LogP contribution >= 0.6 is 0 Å². The van der Waals surface area contributed by atoms with Crippen LogP contribution in [0.5, 0.6) is 0 Å². The SMILES string of the molecule is Cn1cnc2cc(C(=O)CCN3CCCNCC3)ccc21. The van der Waals surface area contributed by atoms with E-state index in [0.29, 0.717) is 6.42 Å². The van der Waals surface area contributed by atoms with Crippen LogP contribution in [0.15, 0.2) is 24.5 Å². The minimum absolute atomic E-state index is 0.208. The number of carbonyl (C=O) groups excluding carboxylic acids is 1. The molecule has 0 radical (unpaired) electrons. The average Bonchev–Trinajstić information content (AvgIpc) is 2.72. The van der Waals surface area contributed by atoms with Crippen molar-refractivity contribution in [2.45, 2.75) is 12.8 Å². The van der Waals surface area contributed by atoms with Crippen LogP contribution in [0.25, 0.3) is 11.0 Å². The van der Waals surface area contributed by atoms with Gasteiger partial charge in [-0.15, -0.1) is 0 Å². The van der Waals surface area contributed by atoms with Crippen molar-refractivity contribution in [3.8, 4) is 0 Å². The fourth-order valence-electron chi connectivity index (χ4n) is 2.84. The Labute approximate surface area is 125 Å².